The van der Waals surface area contributed by atoms with Crippen molar-refractivity contribution in [2.24, 2.45) is 7.05 Å². The molecule has 84 valence electrons. The molecule has 1 saturated carbocycles. The topological polar surface area (TPSA) is 17.0 Å². The molecule has 0 atom stereocenters. The highest BCUT2D eigenvalue weighted by atomic mass is 15.0. The highest BCUT2D eigenvalue weighted by Crippen LogP contribution is 2.18. The van der Waals surface area contributed by atoms with E-state index in [9.17, 15) is 0 Å². The quantitative estimate of drug-likeness (QED) is 0.804. The van der Waals surface area contributed by atoms with E-state index in [0.717, 1.165) is 12.6 Å². The van der Waals surface area contributed by atoms with Crippen molar-refractivity contribution in [1.82, 2.24) is 9.88 Å². The van der Waals surface area contributed by atoms with Crippen molar-refractivity contribution in [2.75, 3.05) is 0 Å². The van der Waals surface area contributed by atoms with Crippen molar-refractivity contribution in [3.63, 3.8) is 0 Å². The summed E-state index contributed by atoms with van der Waals surface area (Å²) in [4.78, 5) is 0. The van der Waals surface area contributed by atoms with Crippen LogP contribution in [0.3, 0.4) is 0 Å². The number of rotatable bonds is 3. The van der Waals surface area contributed by atoms with Gasteiger partial charge in [-0.05, 0) is 31.9 Å². The van der Waals surface area contributed by atoms with E-state index in [4.69, 9.17) is 0 Å². The van der Waals surface area contributed by atoms with Gasteiger partial charge >= 0.3 is 0 Å². The average Bonchev–Trinajstić information content (AvgIpc) is 2.59. The summed E-state index contributed by atoms with van der Waals surface area (Å²) in [6.45, 7) is 3.18. The Morgan fingerprint density at radius 2 is 2.00 bits per heavy atom. The SMILES string of the molecule is Cc1ccc(CNC2CCCCC2)n1C. The maximum atomic E-state index is 3.67. The van der Waals surface area contributed by atoms with Gasteiger partial charge in [0.25, 0.3) is 0 Å². The second-order valence-corrected chi connectivity index (χ2v) is 4.74. The van der Waals surface area contributed by atoms with Crippen LogP contribution in [0.5, 0.6) is 0 Å². The van der Waals surface area contributed by atoms with E-state index in [1.54, 1.807) is 0 Å². The van der Waals surface area contributed by atoms with E-state index in [1.807, 2.05) is 0 Å². The molecule has 0 unspecified atom stereocenters. The molecule has 0 radical (unpaired) electrons. The number of nitrogens with one attached hydrogen (secondary N) is 1. The van der Waals surface area contributed by atoms with Crippen molar-refractivity contribution < 1.29 is 0 Å². The normalized spacial score (nSPS) is 18.3. The van der Waals surface area contributed by atoms with Gasteiger partial charge in [-0.25, -0.2) is 0 Å². The number of aryl methyl sites for hydroxylation is 1. The van der Waals surface area contributed by atoms with Crippen LogP contribution >= 0.6 is 0 Å². The van der Waals surface area contributed by atoms with Gasteiger partial charge in [0.2, 0.25) is 0 Å². The first-order valence-corrected chi connectivity index (χ1v) is 6.12. The van der Waals surface area contributed by atoms with Gasteiger partial charge in [0.1, 0.15) is 0 Å². The van der Waals surface area contributed by atoms with Crippen LogP contribution < -0.4 is 5.32 Å². The third-order valence-electron chi connectivity index (χ3n) is 3.65. The molecule has 0 aliphatic heterocycles. The second-order valence-electron chi connectivity index (χ2n) is 4.74. The lowest BCUT2D eigenvalue weighted by Gasteiger charge is -2.23. The van der Waals surface area contributed by atoms with Crippen LogP contribution in [-0.4, -0.2) is 10.6 Å². The Labute approximate surface area is 92.7 Å². The summed E-state index contributed by atoms with van der Waals surface area (Å²) < 4.78 is 2.27. The average molecular weight is 206 g/mol. The number of hydrogen-bond acceptors (Lipinski definition) is 1. The smallest absolute Gasteiger partial charge is 0.0361 e. The first-order valence-electron chi connectivity index (χ1n) is 6.12. The van der Waals surface area contributed by atoms with Crippen LogP contribution in [0.15, 0.2) is 12.1 Å². The van der Waals surface area contributed by atoms with Crippen LogP contribution in [0.4, 0.5) is 0 Å². The molecule has 1 N–H and O–H groups in total. The summed E-state index contributed by atoms with van der Waals surface area (Å²) in [7, 11) is 2.15. The molecule has 1 aromatic heterocycles. The van der Waals surface area contributed by atoms with Crippen LogP contribution in [-0.2, 0) is 13.6 Å². The monoisotopic (exact) mass is 206 g/mol. The molecule has 15 heavy (non-hydrogen) atoms. The maximum absolute atomic E-state index is 3.67. The van der Waals surface area contributed by atoms with E-state index in [0.29, 0.717) is 0 Å². The van der Waals surface area contributed by atoms with Gasteiger partial charge in [0.05, 0.1) is 0 Å². The summed E-state index contributed by atoms with van der Waals surface area (Å²) >= 11 is 0. The molecule has 2 rings (SSSR count). The molecule has 2 heteroatoms. The molecule has 1 aliphatic rings. The van der Waals surface area contributed by atoms with Gasteiger partial charge in [-0.1, -0.05) is 19.3 Å². The zero-order valence-electron chi connectivity index (χ0n) is 9.92. The van der Waals surface area contributed by atoms with Crippen molar-refractivity contribution in [1.29, 1.82) is 0 Å². The largest absolute Gasteiger partial charge is 0.351 e. The lowest BCUT2D eigenvalue weighted by atomic mass is 9.95. The molecular formula is C13H22N2. The molecule has 1 aliphatic carbocycles. The minimum Gasteiger partial charge on any atom is -0.351 e. The Bertz CT molecular complexity index is 308. The third kappa shape index (κ3) is 2.63. The molecule has 0 bridgehead atoms. The zero-order chi connectivity index (χ0) is 10.7. The Morgan fingerprint density at radius 1 is 1.27 bits per heavy atom. The fourth-order valence-corrected chi connectivity index (χ4v) is 2.40. The van der Waals surface area contributed by atoms with Gasteiger partial charge in [-0.2, -0.15) is 0 Å². The van der Waals surface area contributed by atoms with E-state index in [2.05, 4.69) is 36.0 Å². The number of aromatic nitrogens is 1. The van der Waals surface area contributed by atoms with Crippen molar-refractivity contribution in [3.05, 3.63) is 23.5 Å². The highest BCUT2D eigenvalue weighted by molar-refractivity contribution is 5.14. The maximum Gasteiger partial charge on any atom is 0.0361 e. The van der Waals surface area contributed by atoms with Crippen LogP contribution in [0, 0.1) is 6.92 Å². The van der Waals surface area contributed by atoms with Gasteiger partial charge < -0.3 is 9.88 Å². The second kappa shape index (κ2) is 4.84. The van der Waals surface area contributed by atoms with E-state index < -0.39 is 0 Å². The van der Waals surface area contributed by atoms with E-state index in [-0.39, 0.29) is 0 Å². The fraction of sp³-hybridized carbons (Fsp3) is 0.692. The van der Waals surface area contributed by atoms with Crippen molar-refractivity contribution >= 4 is 0 Å². The van der Waals surface area contributed by atoms with Gasteiger partial charge in [0, 0.05) is 31.0 Å². The molecule has 2 nitrogen and oxygen atoms in total. The first-order chi connectivity index (χ1) is 7.27. The van der Waals surface area contributed by atoms with Gasteiger partial charge in [-0.15, -0.1) is 0 Å². The molecular weight excluding hydrogens is 184 g/mol. The summed E-state index contributed by atoms with van der Waals surface area (Å²) in [5.41, 5.74) is 2.74. The van der Waals surface area contributed by atoms with E-state index >= 15 is 0 Å². The molecule has 1 heterocycles. The van der Waals surface area contributed by atoms with Gasteiger partial charge in [0.15, 0.2) is 0 Å². The lowest BCUT2D eigenvalue weighted by molar-refractivity contribution is 0.369. The summed E-state index contributed by atoms with van der Waals surface area (Å²) in [6, 6.07) is 5.18. The molecule has 0 spiro atoms. The molecule has 0 aromatic carbocycles. The fourth-order valence-electron chi connectivity index (χ4n) is 2.40. The minimum absolute atomic E-state index is 0.758. The summed E-state index contributed by atoms with van der Waals surface area (Å²) in [6.07, 6.45) is 6.97. The zero-order valence-corrected chi connectivity index (χ0v) is 9.92. The standard InChI is InChI=1S/C13H22N2/c1-11-8-9-13(15(11)2)10-14-12-6-4-3-5-7-12/h8-9,12,14H,3-7,10H2,1-2H3. The number of nitrogens with zero attached hydrogens (tertiary/aromatic N) is 1. The predicted molar refractivity (Wildman–Crippen MR) is 63.9 cm³/mol. The van der Waals surface area contributed by atoms with Crippen LogP contribution in [0.2, 0.25) is 0 Å². The van der Waals surface area contributed by atoms with E-state index in [1.165, 1.54) is 43.5 Å². The number of hydrogen-bond donors (Lipinski definition) is 1. The summed E-state index contributed by atoms with van der Waals surface area (Å²) in [5, 5.41) is 3.67. The third-order valence-corrected chi connectivity index (χ3v) is 3.65. The molecule has 0 saturated heterocycles. The van der Waals surface area contributed by atoms with Crippen molar-refractivity contribution in [2.45, 2.75) is 51.6 Å². The Morgan fingerprint density at radius 3 is 2.60 bits per heavy atom. The lowest BCUT2D eigenvalue weighted by Crippen LogP contribution is -2.31. The minimum atomic E-state index is 0.758. The predicted octanol–water partition coefficient (Wildman–Crippen LogP) is 2.76. The summed E-state index contributed by atoms with van der Waals surface area (Å²) in [5.74, 6) is 0. The molecule has 0 amide bonds. The molecule has 1 aromatic rings. The van der Waals surface area contributed by atoms with Crippen LogP contribution in [0.25, 0.3) is 0 Å². The Kier molecular flexibility index (Phi) is 3.47. The Hall–Kier alpha value is -0.760. The van der Waals surface area contributed by atoms with Crippen LogP contribution in [0.1, 0.15) is 43.5 Å². The van der Waals surface area contributed by atoms with Gasteiger partial charge in [-0.3, -0.25) is 0 Å². The highest BCUT2D eigenvalue weighted by Gasteiger charge is 2.12. The Balaban J connectivity index is 1.84. The first kappa shape index (κ1) is 10.7. The van der Waals surface area contributed by atoms with Crippen molar-refractivity contribution in [3.8, 4) is 0 Å². The molecule has 1 fully saturated rings.